The molecule has 0 aliphatic rings. The Morgan fingerprint density at radius 3 is 2.67 bits per heavy atom. The van der Waals surface area contributed by atoms with Crippen LogP contribution in [0.25, 0.3) is 0 Å². The Labute approximate surface area is 111 Å². The minimum absolute atomic E-state index is 0.0801. The molecule has 92 valence electrons. The third-order valence-corrected chi connectivity index (χ3v) is 2.67. The van der Waals surface area contributed by atoms with Crippen molar-refractivity contribution < 1.29 is 9.66 Å². The van der Waals surface area contributed by atoms with Crippen LogP contribution in [0.3, 0.4) is 0 Å². The smallest absolute Gasteiger partial charge is 0.287 e. The van der Waals surface area contributed by atoms with Gasteiger partial charge in [0.15, 0.2) is 5.75 Å². The van der Waals surface area contributed by atoms with Crippen LogP contribution in [-0.2, 0) is 0 Å². The van der Waals surface area contributed by atoms with E-state index >= 15 is 0 Å². The molecule has 0 spiro atoms. The van der Waals surface area contributed by atoms with E-state index in [0.717, 1.165) is 11.9 Å². The van der Waals surface area contributed by atoms with Crippen molar-refractivity contribution in [1.82, 2.24) is 9.97 Å². The molecule has 2 rings (SSSR count). The van der Waals surface area contributed by atoms with E-state index in [0.29, 0.717) is 10.4 Å². The van der Waals surface area contributed by atoms with Gasteiger partial charge in [-0.2, -0.15) is 0 Å². The number of aryl methyl sites for hydroxylation is 1. The summed E-state index contributed by atoms with van der Waals surface area (Å²) in [5, 5.41) is 10.5. The van der Waals surface area contributed by atoms with E-state index in [-0.39, 0.29) is 11.6 Å². The van der Waals surface area contributed by atoms with Crippen molar-refractivity contribution in [2.45, 2.75) is 6.92 Å². The standard InChI is InChI=1S/C11H8BrN3O3/c1-7-2-4-9(11(12)14-7)18-10-5-3-8(6-13-10)15(16)17/h2-6H,1H3. The molecule has 2 aromatic rings. The summed E-state index contributed by atoms with van der Waals surface area (Å²) in [6.45, 7) is 1.86. The van der Waals surface area contributed by atoms with Gasteiger partial charge in [-0.1, -0.05) is 0 Å². The van der Waals surface area contributed by atoms with E-state index in [1.807, 2.05) is 6.92 Å². The molecule has 0 atom stereocenters. The molecule has 0 saturated carbocycles. The van der Waals surface area contributed by atoms with E-state index in [2.05, 4.69) is 25.9 Å². The van der Waals surface area contributed by atoms with Crippen LogP contribution in [-0.4, -0.2) is 14.9 Å². The summed E-state index contributed by atoms with van der Waals surface area (Å²) in [5.74, 6) is 0.772. The first kappa shape index (κ1) is 12.4. The lowest BCUT2D eigenvalue weighted by Gasteiger charge is -2.06. The molecule has 0 bridgehead atoms. The molecule has 0 unspecified atom stereocenters. The number of halogens is 1. The summed E-state index contributed by atoms with van der Waals surface area (Å²) >= 11 is 3.27. The van der Waals surface area contributed by atoms with Gasteiger partial charge in [-0.05, 0) is 35.0 Å². The molecule has 0 N–H and O–H groups in total. The maximum Gasteiger partial charge on any atom is 0.287 e. The highest BCUT2D eigenvalue weighted by atomic mass is 79.9. The molecule has 7 heteroatoms. The Hall–Kier alpha value is -2.02. The summed E-state index contributed by atoms with van der Waals surface area (Å²) in [6.07, 6.45) is 1.14. The highest BCUT2D eigenvalue weighted by molar-refractivity contribution is 9.10. The minimum atomic E-state index is -0.514. The quantitative estimate of drug-likeness (QED) is 0.494. The number of hydrogen-bond acceptors (Lipinski definition) is 5. The van der Waals surface area contributed by atoms with Crippen molar-refractivity contribution >= 4 is 21.6 Å². The molecule has 0 fully saturated rings. The number of hydrogen-bond donors (Lipinski definition) is 0. The van der Waals surface area contributed by atoms with Gasteiger partial charge in [0.2, 0.25) is 5.88 Å². The Morgan fingerprint density at radius 2 is 2.11 bits per heavy atom. The van der Waals surface area contributed by atoms with Gasteiger partial charge in [-0.15, -0.1) is 0 Å². The van der Waals surface area contributed by atoms with Crippen molar-refractivity contribution in [3.05, 3.63) is 50.9 Å². The fraction of sp³-hybridized carbons (Fsp3) is 0.0909. The summed E-state index contributed by atoms with van der Waals surface area (Å²) in [6, 6.07) is 6.31. The summed E-state index contributed by atoms with van der Waals surface area (Å²) in [7, 11) is 0. The van der Waals surface area contributed by atoms with E-state index in [1.54, 1.807) is 12.1 Å². The molecule has 18 heavy (non-hydrogen) atoms. The number of aromatic nitrogens is 2. The largest absolute Gasteiger partial charge is 0.436 e. The third kappa shape index (κ3) is 2.80. The summed E-state index contributed by atoms with van der Waals surface area (Å²) in [4.78, 5) is 18.0. The van der Waals surface area contributed by atoms with Crippen LogP contribution in [0.4, 0.5) is 5.69 Å². The molecule has 0 amide bonds. The maximum absolute atomic E-state index is 10.5. The van der Waals surface area contributed by atoms with Gasteiger partial charge < -0.3 is 4.74 Å². The second-order valence-corrected chi connectivity index (χ2v) is 4.21. The fourth-order valence-electron chi connectivity index (χ4n) is 1.24. The van der Waals surface area contributed by atoms with Gasteiger partial charge in [0, 0.05) is 17.8 Å². The zero-order valence-corrected chi connectivity index (χ0v) is 10.9. The van der Waals surface area contributed by atoms with Crippen LogP contribution in [0.15, 0.2) is 35.1 Å². The van der Waals surface area contributed by atoms with E-state index in [1.165, 1.54) is 12.1 Å². The van der Waals surface area contributed by atoms with E-state index in [9.17, 15) is 10.1 Å². The summed E-state index contributed by atoms with van der Waals surface area (Å²) < 4.78 is 6.01. The molecule has 6 nitrogen and oxygen atoms in total. The Balaban J connectivity index is 2.21. The van der Waals surface area contributed by atoms with Gasteiger partial charge in [-0.3, -0.25) is 10.1 Å². The van der Waals surface area contributed by atoms with Crippen molar-refractivity contribution in [2.24, 2.45) is 0 Å². The number of nitrogens with zero attached hydrogens (tertiary/aromatic N) is 3. The zero-order valence-electron chi connectivity index (χ0n) is 9.33. The van der Waals surface area contributed by atoms with Crippen LogP contribution in [0.1, 0.15) is 5.69 Å². The molecule has 2 heterocycles. The number of ether oxygens (including phenoxy) is 1. The SMILES string of the molecule is Cc1ccc(Oc2ccc([N+](=O)[O-])cn2)c(Br)n1. The number of pyridine rings is 2. The average molecular weight is 310 g/mol. The van der Waals surface area contributed by atoms with Crippen LogP contribution in [0.2, 0.25) is 0 Å². The third-order valence-electron chi connectivity index (χ3n) is 2.10. The first-order chi connectivity index (χ1) is 8.56. The van der Waals surface area contributed by atoms with Gasteiger partial charge >= 0.3 is 0 Å². The van der Waals surface area contributed by atoms with Crippen molar-refractivity contribution in [2.75, 3.05) is 0 Å². The predicted molar refractivity (Wildman–Crippen MR) is 67.6 cm³/mol. The molecule has 0 saturated heterocycles. The minimum Gasteiger partial charge on any atom is -0.436 e. The first-order valence-corrected chi connectivity index (χ1v) is 5.77. The summed E-state index contributed by atoms with van der Waals surface area (Å²) in [5.41, 5.74) is 0.773. The van der Waals surface area contributed by atoms with E-state index in [4.69, 9.17) is 4.74 Å². The Bertz CT molecular complexity index is 587. The molecule has 0 radical (unpaired) electrons. The highest BCUT2D eigenvalue weighted by Crippen LogP contribution is 2.27. The molecule has 0 aromatic carbocycles. The second kappa shape index (κ2) is 5.09. The lowest BCUT2D eigenvalue weighted by atomic mass is 10.4. The van der Waals surface area contributed by atoms with Gasteiger partial charge in [-0.25, -0.2) is 9.97 Å². The molecular formula is C11H8BrN3O3. The topological polar surface area (TPSA) is 78.2 Å². The fourth-order valence-corrected chi connectivity index (χ4v) is 1.73. The van der Waals surface area contributed by atoms with Crippen molar-refractivity contribution in [1.29, 1.82) is 0 Å². The predicted octanol–water partition coefficient (Wildman–Crippen LogP) is 3.25. The molecule has 0 aliphatic heterocycles. The molecule has 0 aliphatic carbocycles. The monoisotopic (exact) mass is 309 g/mol. The second-order valence-electron chi connectivity index (χ2n) is 3.46. The van der Waals surface area contributed by atoms with Crippen LogP contribution >= 0.6 is 15.9 Å². The maximum atomic E-state index is 10.5. The Morgan fingerprint density at radius 1 is 1.33 bits per heavy atom. The Kier molecular flexibility index (Phi) is 3.52. The van der Waals surface area contributed by atoms with E-state index < -0.39 is 4.92 Å². The lowest BCUT2D eigenvalue weighted by Crippen LogP contribution is -1.93. The van der Waals surface area contributed by atoms with Crippen molar-refractivity contribution in [3.63, 3.8) is 0 Å². The van der Waals surface area contributed by atoms with Crippen LogP contribution in [0, 0.1) is 17.0 Å². The van der Waals surface area contributed by atoms with Gasteiger partial charge in [0.05, 0.1) is 4.92 Å². The molecule has 2 aromatic heterocycles. The lowest BCUT2D eigenvalue weighted by molar-refractivity contribution is -0.385. The number of rotatable bonds is 3. The first-order valence-electron chi connectivity index (χ1n) is 4.98. The average Bonchev–Trinajstić information content (AvgIpc) is 2.33. The van der Waals surface area contributed by atoms with Crippen LogP contribution in [0.5, 0.6) is 11.6 Å². The van der Waals surface area contributed by atoms with Gasteiger partial charge in [0.25, 0.3) is 5.69 Å². The van der Waals surface area contributed by atoms with Crippen molar-refractivity contribution in [3.8, 4) is 11.6 Å². The zero-order chi connectivity index (χ0) is 13.1. The van der Waals surface area contributed by atoms with Gasteiger partial charge in [0.1, 0.15) is 10.8 Å². The highest BCUT2D eigenvalue weighted by Gasteiger charge is 2.08. The van der Waals surface area contributed by atoms with Crippen LogP contribution < -0.4 is 4.74 Å². The normalized spacial score (nSPS) is 10.1. The molecular weight excluding hydrogens is 302 g/mol. The number of nitro groups is 1.